The third kappa shape index (κ3) is 5.62. The van der Waals surface area contributed by atoms with Gasteiger partial charge in [0.2, 0.25) is 11.8 Å². The number of nitrogens with two attached hydrogens (primary N) is 2. The SMILES string of the molecule is COC(=O)[C@@H](NC(=O)[C@@H](N)CCC(N)=O)C(C)C. The lowest BCUT2D eigenvalue weighted by atomic mass is 10.0. The van der Waals surface area contributed by atoms with Crippen LogP contribution in [0.3, 0.4) is 0 Å². The Morgan fingerprint density at radius 1 is 1.28 bits per heavy atom. The molecule has 0 aliphatic rings. The zero-order valence-corrected chi connectivity index (χ0v) is 10.9. The van der Waals surface area contributed by atoms with Crippen LogP contribution in [0.25, 0.3) is 0 Å². The quantitative estimate of drug-likeness (QED) is 0.500. The van der Waals surface area contributed by atoms with Crippen molar-refractivity contribution >= 4 is 17.8 Å². The van der Waals surface area contributed by atoms with Gasteiger partial charge in [-0.15, -0.1) is 0 Å². The average molecular weight is 259 g/mol. The minimum absolute atomic E-state index is 0.0269. The van der Waals surface area contributed by atoms with Crippen LogP contribution < -0.4 is 16.8 Å². The summed E-state index contributed by atoms with van der Waals surface area (Å²) in [4.78, 5) is 33.7. The van der Waals surface area contributed by atoms with Gasteiger partial charge in [-0.05, 0) is 12.3 Å². The van der Waals surface area contributed by atoms with Crippen molar-refractivity contribution in [2.75, 3.05) is 7.11 Å². The number of primary amides is 1. The Kier molecular flexibility index (Phi) is 6.96. The molecule has 0 fully saturated rings. The fourth-order valence-corrected chi connectivity index (χ4v) is 1.31. The number of rotatable bonds is 7. The van der Waals surface area contributed by atoms with Gasteiger partial charge in [0.1, 0.15) is 6.04 Å². The zero-order valence-electron chi connectivity index (χ0n) is 10.9. The van der Waals surface area contributed by atoms with Crippen molar-refractivity contribution < 1.29 is 19.1 Å². The van der Waals surface area contributed by atoms with Gasteiger partial charge in [-0.25, -0.2) is 4.79 Å². The fraction of sp³-hybridized carbons (Fsp3) is 0.727. The number of methoxy groups -OCH3 is 1. The molecule has 104 valence electrons. The van der Waals surface area contributed by atoms with Crippen LogP contribution in [0.1, 0.15) is 26.7 Å². The highest BCUT2D eigenvalue weighted by Gasteiger charge is 2.27. The van der Waals surface area contributed by atoms with E-state index in [1.165, 1.54) is 7.11 Å². The molecule has 0 aromatic carbocycles. The van der Waals surface area contributed by atoms with Crippen molar-refractivity contribution in [2.45, 2.75) is 38.8 Å². The van der Waals surface area contributed by atoms with Crippen LogP contribution in [0, 0.1) is 5.92 Å². The van der Waals surface area contributed by atoms with E-state index in [4.69, 9.17) is 11.5 Å². The first-order chi connectivity index (χ1) is 8.29. The molecule has 7 heteroatoms. The van der Waals surface area contributed by atoms with Crippen LogP contribution in [0.15, 0.2) is 0 Å². The molecule has 2 atom stereocenters. The largest absolute Gasteiger partial charge is 0.467 e. The van der Waals surface area contributed by atoms with Crippen LogP contribution in [0.2, 0.25) is 0 Å². The summed E-state index contributed by atoms with van der Waals surface area (Å²) in [5.41, 5.74) is 10.5. The first kappa shape index (κ1) is 16.4. The normalized spacial score (nSPS) is 13.8. The highest BCUT2D eigenvalue weighted by molar-refractivity contribution is 5.87. The van der Waals surface area contributed by atoms with Crippen molar-refractivity contribution in [2.24, 2.45) is 17.4 Å². The highest BCUT2D eigenvalue weighted by atomic mass is 16.5. The van der Waals surface area contributed by atoms with Crippen molar-refractivity contribution in [3.63, 3.8) is 0 Å². The molecule has 18 heavy (non-hydrogen) atoms. The topological polar surface area (TPSA) is 125 Å². The number of hydrogen-bond acceptors (Lipinski definition) is 5. The second-order valence-corrected chi connectivity index (χ2v) is 4.36. The van der Waals surface area contributed by atoms with Gasteiger partial charge < -0.3 is 21.5 Å². The lowest BCUT2D eigenvalue weighted by Crippen LogP contribution is -2.51. The molecular weight excluding hydrogens is 238 g/mol. The number of hydrogen-bond donors (Lipinski definition) is 3. The standard InChI is InChI=1S/C11H21N3O4/c1-6(2)9(11(17)18-3)14-10(16)7(12)4-5-8(13)15/h6-7,9H,4-5,12H2,1-3H3,(H2,13,15)(H,14,16)/t7-,9-/m0/s1. The fourth-order valence-electron chi connectivity index (χ4n) is 1.31. The summed E-state index contributed by atoms with van der Waals surface area (Å²) in [7, 11) is 1.25. The predicted molar refractivity (Wildman–Crippen MR) is 65.2 cm³/mol. The van der Waals surface area contributed by atoms with E-state index in [-0.39, 0.29) is 18.8 Å². The third-order valence-corrected chi connectivity index (χ3v) is 2.46. The molecule has 7 nitrogen and oxygen atoms in total. The van der Waals surface area contributed by atoms with E-state index in [0.29, 0.717) is 0 Å². The monoisotopic (exact) mass is 259 g/mol. The number of nitrogens with one attached hydrogen (secondary N) is 1. The Balaban J connectivity index is 4.41. The molecule has 5 N–H and O–H groups in total. The molecule has 0 unspecified atom stereocenters. The number of amides is 2. The Morgan fingerprint density at radius 2 is 1.83 bits per heavy atom. The summed E-state index contributed by atoms with van der Waals surface area (Å²) >= 11 is 0. The Hall–Kier alpha value is -1.63. The average Bonchev–Trinajstić information content (AvgIpc) is 2.30. The van der Waals surface area contributed by atoms with Gasteiger partial charge in [-0.2, -0.15) is 0 Å². The van der Waals surface area contributed by atoms with Gasteiger partial charge in [0.05, 0.1) is 13.2 Å². The van der Waals surface area contributed by atoms with Crippen LogP contribution in [0.4, 0.5) is 0 Å². The minimum atomic E-state index is -0.872. The molecule has 0 radical (unpaired) electrons. The van der Waals surface area contributed by atoms with Crippen molar-refractivity contribution in [3.8, 4) is 0 Å². The lowest BCUT2D eigenvalue weighted by Gasteiger charge is -2.21. The van der Waals surface area contributed by atoms with Crippen LogP contribution >= 0.6 is 0 Å². The van der Waals surface area contributed by atoms with E-state index >= 15 is 0 Å². The Morgan fingerprint density at radius 3 is 2.22 bits per heavy atom. The predicted octanol–water partition coefficient (Wildman–Crippen LogP) is -1.11. The molecular formula is C11H21N3O4. The molecule has 2 amide bonds. The molecule has 0 saturated carbocycles. The van der Waals surface area contributed by atoms with Crippen LogP contribution in [0.5, 0.6) is 0 Å². The molecule has 0 bridgehead atoms. The number of ether oxygens (including phenoxy) is 1. The Labute approximate surface area is 106 Å². The lowest BCUT2D eigenvalue weighted by molar-refractivity contribution is -0.146. The summed E-state index contributed by atoms with van der Waals surface area (Å²) in [6.07, 6.45) is 0.173. The summed E-state index contributed by atoms with van der Waals surface area (Å²) in [5, 5.41) is 2.50. The first-order valence-electron chi connectivity index (χ1n) is 5.71. The number of carbonyl (C=O) groups excluding carboxylic acids is 3. The molecule has 0 spiro atoms. The molecule has 0 heterocycles. The maximum Gasteiger partial charge on any atom is 0.328 e. The highest BCUT2D eigenvalue weighted by Crippen LogP contribution is 2.04. The second kappa shape index (κ2) is 7.65. The van der Waals surface area contributed by atoms with E-state index < -0.39 is 29.9 Å². The van der Waals surface area contributed by atoms with Gasteiger partial charge in [0, 0.05) is 6.42 Å². The maximum absolute atomic E-state index is 11.7. The molecule has 0 aromatic heterocycles. The second-order valence-electron chi connectivity index (χ2n) is 4.36. The summed E-state index contributed by atoms with van der Waals surface area (Å²) in [6.45, 7) is 3.55. The molecule has 0 aliphatic heterocycles. The van der Waals surface area contributed by atoms with Crippen molar-refractivity contribution in [1.82, 2.24) is 5.32 Å². The minimum Gasteiger partial charge on any atom is -0.467 e. The van der Waals surface area contributed by atoms with E-state index in [0.717, 1.165) is 0 Å². The van der Waals surface area contributed by atoms with Crippen LogP contribution in [-0.4, -0.2) is 37.0 Å². The van der Waals surface area contributed by atoms with Gasteiger partial charge in [-0.3, -0.25) is 9.59 Å². The molecule has 0 aliphatic carbocycles. The third-order valence-electron chi connectivity index (χ3n) is 2.46. The Bertz CT molecular complexity index is 317. The van der Waals surface area contributed by atoms with E-state index in [1.807, 2.05) is 0 Å². The number of esters is 1. The van der Waals surface area contributed by atoms with Crippen molar-refractivity contribution in [3.05, 3.63) is 0 Å². The zero-order chi connectivity index (χ0) is 14.3. The molecule has 0 rings (SSSR count). The van der Waals surface area contributed by atoms with Crippen molar-refractivity contribution in [1.29, 1.82) is 0 Å². The van der Waals surface area contributed by atoms with Gasteiger partial charge in [0.15, 0.2) is 0 Å². The first-order valence-corrected chi connectivity index (χ1v) is 5.71. The van der Waals surface area contributed by atoms with E-state index in [1.54, 1.807) is 13.8 Å². The molecule has 0 saturated heterocycles. The summed E-state index contributed by atoms with van der Waals surface area (Å²) in [5.74, 6) is -1.67. The maximum atomic E-state index is 11.7. The summed E-state index contributed by atoms with van der Waals surface area (Å²) < 4.78 is 4.58. The van der Waals surface area contributed by atoms with E-state index in [2.05, 4.69) is 10.1 Å². The van der Waals surface area contributed by atoms with Crippen LogP contribution in [-0.2, 0) is 19.1 Å². The van der Waals surface area contributed by atoms with Gasteiger partial charge in [-0.1, -0.05) is 13.8 Å². The van der Waals surface area contributed by atoms with Gasteiger partial charge >= 0.3 is 5.97 Å². The smallest absolute Gasteiger partial charge is 0.328 e. The molecule has 0 aromatic rings. The van der Waals surface area contributed by atoms with E-state index in [9.17, 15) is 14.4 Å². The van der Waals surface area contributed by atoms with Gasteiger partial charge in [0.25, 0.3) is 0 Å². The summed E-state index contributed by atoms with van der Waals surface area (Å²) in [6, 6.07) is -1.62. The number of carbonyl (C=O) groups is 3.